The lowest BCUT2D eigenvalue weighted by atomic mass is 9.74. The van der Waals surface area contributed by atoms with Crippen LogP contribution in [-0.4, -0.2) is 43.7 Å². The molecule has 32 heavy (non-hydrogen) atoms. The van der Waals surface area contributed by atoms with Crippen molar-refractivity contribution in [1.29, 1.82) is 0 Å². The average Bonchev–Trinajstić information content (AvgIpc) is 3.54. The van der Waals surface area contributed by atoms with E-state index in [9.17, 15) is 9.18 Å². The molecular weight excluding hydrogens is 403 g/mol. The third-order valence-corrected chi connectivity index (χ3v) is 8.09. The van der Waals surface area contributed by atoms with Gasteiger partial charge in [0.25, 0.3) is 0 Å². The number of hydrogen-bond donors (Lipinski definition) is 1. The van der Waals surface area contributed by atoms with Crippen LogP contribution in [0.25, 0.3) is 0 Å². The van der Waals surface area contributed by atoms with Crippen molar-refractivity contribution in [3.63, 3.8) is 0 Å². The van der Waals surface area contributed by atoms with Crippen molar-refractivity contribution in [3.05, 3.63) is 71.5 Å². The van der Waals surface area contributed by atoms with Gasteiger partial charge in [0, 0.05) is 37.6 Å². The predicted molar refractivity (Wildman–Crippen MR) is 123 cm³/mol. The van der Waals surface area contributed by atoms with Gasteiger partial charge in [0.05, 0.1) is 0 Å². The first-order valence-corrected chi connectivity index (χ1v) is 12.0. The van der Waals surface area contributed by atoms with Crippen molar-refractivity contribution in [3.8, 4) is 0 Å². The van der Waals surface area contributed by atoms with Crippen LogP contribution in [0.2, 0.25) is 0 Å². The second-order valence-corrected chi connectivity index (χ2v) is 10.0. The van der Waals surface area contributed by atoms with Gasteiger partial charge in [-0.05, 0) is 73.9 Å². The van der Waals surface area contributed by atoms with E-state index in [1.165, 1.54) is 11.6 Å². The van der Waals surface area contributed by atoms with Gasteiger partial charge in [-0.15, -0.1) is 0 Å². The summed E-state index contributed by atoms with van der Waals surface area (Å²) in [5.74, 6) is 0.199. The number of benzene rings is 2. The quantitative estimate of drug-likeness (QED) is 0.734. The molecule has 2 heterocycles. The Labute approximate surface area is 190 Å². The van der Waals surface area contributed by atoms with Crippen LogP contribution in [0.1, 0.15) is 43.2 Å². The van der Waals surface area contributed by atoms with E-state index in [1.54, 1.807) is 12.1 Å². The maximum absolute atomic E-state index is 13.5. The van der Waals surface area contributed by atoms with Crippen molar-refractivity contribution >= 4 is 5.91 Å². The zero-order valence-corrected chi connectivity index (χ0v) is 18.7. The second kappa shape index (κ2) is 8.95. The molecule has 0 aromatic heterocycles. The van der Waals surface area contributed by atoms with E-state index in [-0.39, 0.29) is 28.5 Å². The van der Waals surface area contributed by atoms with Gasteiger partial charge in [-0.2, -0.15) is 0 Å². The molecule has 1 saturated carbocycles. The Bertz CT molecular complexity index is 934. The Kier molecular flexibility index (Phi) is 6.04. The van der Waals surface area contributed by atoms with E-state index in [0.29, 0.717) is 6.54 Å². The summed E-state index contributed by atoms with van der Waals surface area (Å²) in [5.41, 5.74) is 2.48. The lowest BCUT2D eigenvalue weighted by molar-refractivity contribution is -0.124. The van der Waals surface area contributed by atoms with Gasteiger partial charge in [0.1, 0.15) is 5.82 Å². The highest BCUT2D eigenvalue weighted by molar-refractivity contribution is 5.82. The molecule has 1 aliphatic carbocycles. The molecule has 0 radical (unpaired) electrons. The van der Waals surface area contributed by atoms with Crippen molar-refractivity contribution in [2.75, 3.05) is 32.8 Å². The van der Waals surface area contributed by atoms with Crippen LogP contribution in [0.5, 0.6) is 0 Å². The monoisotopic (exact) mass is 436 g/mol. The summed E-state index contributed by atoms with van der Waals surface area (Å²) in [6.45, 7) is 4.93. The summed E-state index contributed by atoms with van der Waals surface area (Å²) in [5, 5.41) is 3.33. The molecule has 5 heteroatoms. The molecule has 3 fully saturated rings. The zero-order valence-electron chi connectivity index (χ0n) is 18.7. The highest BCUT2D eigenvalue weighted by Crippen LogP contribution is 2.59. The molecule has 4 nitrogen and oxygen atoms in total. The van der Waals surface area contributed by atoms with Crippen molar-refractivity contribution in [2.45, 2.75) is 44.1 Å². The van der Waals surface area contributed by atoms with E-state index in [0.717, 1.165) is 70.5 Å². The first-order valence-electron chi connectivity index (χ1n) is 12.0. The lowest BCUT2D eigenvalue weighted by Crippen LogP contribution is -2.45. The number of hydrogen-bond acceptors (Lipinski definition) is 3. The van der Waals surface area contributed by atoms with E-state index in [1.807, 2.05) is 12.1 Å². The number of ether oxygens (including phenoxy) is 1. The zero-order chi connectivity index (χ0) is 22.0. The topological polar surface area (TPSA) is 41.6 Å². The summed E-state index contributed by atoms with van der Waals surface area (Å²) >= 11 is 0. The molecule has 2 saturated heterocycles. The molecular formula is C27H33FN2O2. The minimum Gasteiger partial charge on any atom is -0.381 e. The molecule has 2 aliphatic heterocycles. The fraction of sp³-hybridized carbons (Fsp3) is 0.519. The van der Waals surface area contributed by atoms with Crippen molar-refractivity contribution in [2.24, 2.45) is 11.3 Å². The third-order valence-electron chi connectivity index (χ3n) is 8.09. The molecule has 5 rings (SSSR count). The summed E-state index contributed by atoms with van der Waals surface area (Å²) in [6, 6.07) is 17.5. The number of halogens is 1. The molecule has 1 N–H and O–H groups in total. The second-order valence-electron chi connectivity index (χ2n) is 10.0. The molecule has 1 amide bonds. The van der Waals surface area contributed by atoms with E-state index >= 15 is 0 Å². The predicted octanol–water partition coefficient (Wildman–Crippen LogP) is 4.29. The van der Waals surface area contributed by atoms with E-state index in [4.69, 9.17) is 4.74 Å². The Morgan fingerprint density at radius 3 is 2.50 bits per heavy atom. The summed E-state index contributed by atoms with van der Waals surface area (Å²) in [7, 11) is 0. The molecule has 3 aliphatic rings. The standard InChI is InChI=1S/C27H33FN2O2/c28-23-8-4-5-21(17-23)19-30-13-9-26(10-14-30)18-24(26)25(31)29-20-27(11-15-32-16-12-27)22-6-2-1-3-7-22/h1-8,17,24H,9-16,18-20H2,(H,29,31). The minimum absolute atomic E-state index is 0.0223. The number of carbonyl (C=O) groups excluding carboxylic acids is 1. The van der Waals surface area contributed by atoms with Crippen LogP contribution in [0.15, 0.2) is 54.6 Å². The van der Waals surface area contributed by atoms with Gasteiger partial charge >= 0.3 is 0 Å². The first kappa shape index (κ1) is 21.6. The van der Waals surface area contributed by atoms with Crippen LogP contribution in [0, 0.1) is 17.2 Å². The van der Waals surface area contributed by atoms with Gasteiger partial charge < -0.3 is 10.1 Å². The summed E-state index contributed by atoms with van der Waals surface area (Å²) in [6.07, 6.45) is 5.01. The number of amides is 1. The molecule has 170 valence electrons. The van der Waals surface area contributed by atoms with Gasteiger partial charge in [-0.1, -0.05) is 42.5 Å². The molecule has 0 bridgehead atoms. The smallest absolute Gasteiger partial charge is 0.223 e. The summed E-state index contributed by atoms with van der Waals surface area (Å²) in [4.78, 5) is 15.5. The highest BCUT2D eigenvalue weighted by atomic mass is 19.1. The number of piperidine rings is 1. The van der Waals surface area contributed by atoms with E-state index in [2.05, 4.69) is 34.5 Å². The fourth-order valence-electron chi connectivity index (χ4n) is 5.82. The number of likely N-dealkylation sites (tertiary alicyclic amines) is 1. The molecule has 2 aromatic carbocycles. The Hall–Kier alpha value is -2.24. The lowest BCUT2D eigenvalue weighted by Gasteiger charge is -2.38. The minimum atomic E-state index is -0.173. The van der Waals surface area contributed by atoms with Gasteiger partial charge in [0.2, 0.25) is 5.91 Å². The van der Waals surface area contributed by atoms with Gasteiger partial charge in [-0.3, -0.25) is 9.69 Å². The van der Waals surface area contributed by atoms with Crippen LogP contribution >= 0.6 is 0 Å². The number of nitrogens with one attached hydrogen (secondary N) is 1. The molecule has 1 unspecified atom stereocenters. The number of rotatable bonds is 6. The van der Waals surface area contributed by atoms with Gasteiger partial charge in [-0.25, -0.2) is 4.39 Å². The summed E-state index contributed by atoms with van der Waals surface area (Å²) < 4.78 is 19.1. The van der Waals surface area contributed by atoms with Gasteiger partial charge in [0.15, 0.2) is 0 Å². The van der Waals surface area contributed by atoms with Crippen molar-refractivity contribution < 1.29 is 13.9 Å². The van der Waals surface area contributed by atoms with Crippen LogP contribution in [-0.2, 0) is 21.5 Å². The van der Waals surface area contributed by atoms with Crippen LogP contribution < -0.4 is 5.32 Å². The largest absolute Gasteiger partial charge is 0.381 e. The third kappa shape index (κ3) is 4.46. The maximum Gasteiger partial charge on any atom is 0.223 e. The molecule has 2 aromatic rings. The SMILES string of the molecule is O=C(NCC1(c2ccccc2)CCOCC1)C1CC12CCN(Cc1cccc(F)c1)CC2. The first-order chi connectivity index (χ1) is 15.6. The Morgan fingerprint density at radius 1 is 1.03 bits per heavy atom. The van der Waals surface area contributed by atoms with Crippen LogP contribution in [0.3, 0.4) is 0 Å². The Balaban J connectivity index is 1.15. The normalized spacial score (nSPS) is 24.2. The van der Waals surface area contributed by atoms with Crippen molar-refractivity contribution in [1.82, 2.24) is 10.2 Å². The Morgan fingerprint density at radius 2 is 1.78 bits per heavy atom. The van der Waals surface area contributed by atoms with Crippen LogP contribution in [0.4, 0.5) is 4.39 Å². The number of nitrogens with zero attached hydrogens (tertiary/aromatic N) is 1. The molecule has 1 atom stereocenters. The van der Waals surface area contributed by atoms with E-state index < -0.39 is 0 Å². The maximum atomic E-state index is 13.5. The number of carbonyl (C=O) groups is 1. The average molecular weight is 437 g/mol. The molecule has 1 spiro atoms. The highest BCUT2D eigenvalue weighted by Gasteiger charge is 2.58. The fourth-order valence-corrected chi connectivity index (χ4v) is 5.82.